The van der Waals surface area contributed by atoms with E-state index in [1.807, 2.05) is 24.3 Å². The Bertz CT molecular complexity index is 846. The number of hydrogen-bond acceptors (Lipinski definition) is 2. The van der Waals surface area contributed by atoms with Gasteiger partial charge < -0.3 is 4.90 Å². The molecule has 0 bridgehead atoms. The molecule has 0 saturated heterocycles. The van der Waals surface area contributed by atoms with Crippen LogP contribution in [-0.4, -0.2) is 17.9 Å². The quantitative estimate of drug-likeness (QED) is 0.663. The maximum Gasteiger partial charge on any atom is 0.265 e. The Morgan fingerprint density at radius 1 is 1.23 bits per heavy atom. The zero-order valence-electron chi connectivity index (χ0n) is 11.8. The molecule has 0 aliphatic carbocycles. The van der Waals surface area contributed by atoms with Crippen molar-refractivity contribution in [1.82, 2.24) is 4.90 Å². The first-order valence-corrected chi connectivity index (χ1v) is 7.92. The number of hydrogen-bond donors (Lipinski definition) is 0. The molecule has 0 spiro atoms. The van der Waals surface area contributed by atoms with E-state index in [2.05, 4.69) is 0 Å². The maximum absolute atomic E-state index is 13.2. The van der Waals surface area contributed by atoms with Crippen molar-refractivity contribution in [2.75, 3.05) is 7.05 Å². The molecule has 0 aliphatic heterocycles. The third kappa shape index (κ3) is 2.85. The molecule has 3 aromatic rings. The van der Waals surface area contributed by atoms with Crippen LogP contribution in [0.15, 0.2) is 48.5 Å². The molecule has 1 heterocycles. The summed E-state index contributed by atoms with van der Waals surface area (Å²) in [6.07, 6.45) is 0. The fourth-order valence-corrected chi connectivity index (χ4v) is 3.81. The zero-order valence-corrected chi connectivity index (χ0v) is 13.4. The molecule has 5 heteroatoms. The first-order valence-electron chi connectivity index (χ1n) is 6.73. The molecule has 2 aromatic carbocycles. The molecule has 0 saturated carbocycles. The van der Waals surface area contributed by atoms with Crippen LogP contribution in [0.25, 0.3) is 10.1 Å². The Kier molecular flexibility index (Phi) is 4.14. The van der Waals surface area contributed by atoms with Crippen LogP contribution in [0, 0.1) is 5.82 Å². The van der Waals surface area contributed by atoms with E-state index in [0.717, 1.165) is 15.6 Å². The van der Waals surface area contributed by atoms with E-state index in [1.165, 1.54) is 23.5 Å². The summed E-state index contributed by atoms with van der Waals surface area (Å²) in [6, 6.07) is 13.9. The number of benzene rings is 2. The summed E-state index contributed by atoms with van der Waals surface area (Å²) in [6.45, 7) is 0.334. The van der Waals surface area contributed by atoms with Gasteiger partial charge in [0, 0.05) is 23.7 Å². The van der Waals surface area contributed by atoms with E-state index in [9.17, 15) is 9.18 Å². The van der Waals surface area contributed by atoms with E-state index in [0.29, 0.717) is 16.4 Å². The summed E-state index contributed by atoms with van der Waals surface area (Å²) < 4.78 is 14.2. The predicted octanol–water partition coefficient (Wildman–Crippen LogP) is 4.97. The molecule has 0 atom stereocenters. The lowest BCUT2D eigenvalue weighted by atomic mass is 10.2. The molecular weight excluding hydrogens is 321 g/mol. The molecule has 0 aliphatic rings. The molecular formula is C17H13ClFNOS. The minimum atomic E-state index is -0.307. The second kappa shape index (κ2) is 6.07. The molecule has 22 heavy (non-hydrogen) atoms. The molecule has 3 rings (SSSR count). The summed E-state index contributed by atoms with van der Waals surface area (Å²) in [5, 5.41) is 1.37. The van der Waals surface area contributed by atoms with Crippen molar-refractivity contribution in [3.63, 3.8) is 0 Å². The van der Waals surface area contributed by atoms with E-state index in [-0.39, 0.29) is 11.7 Å². The first kappa shape index (κ1) is 15.0. The van der Waals surface area contributed by atoms with Crippen LogP contribution in [0.4, 0.5) is 4.39 Å². The number of nitrogens with zero attached hydrogens (tertiary/aromatic N) is 1. The minimum Gasteiger partial charge on any atom is -0.337 e. The number of rotatable bonds is 3. The molecule has 0 unspecified atom stereocenters. The number of fused-ring (bicyclic) bond motifs is 1. The largest absolute Gasteiger partial charge is 0.337 e. The number of carbonyl (C=O) groups excluding carboxylic acids is 1. The molecule has 0 N–H and O–H groups in total. The van der Waals surface area contributed by atoms with E-state index >= 15 is 0 Å². The van der Waals surface area contributed by atoms with E-state index in [4.69, 9.17) is 11.6 Å². The molecule has 112 valence electrons. The van der Waals surface area contributed by atoms with Gasteiger partial charge in [-0.2, -0.15) is 0 Å². The van der Waals surface area contributed by atoms with Crippen molar-refractivity contribution in [3.05, 3.63) is 69.8 Å². The van der Waals surface area contributed by atoms with E-state index < -0.39 is 0 Å². The Balaban J connectivity index is 1.87. The van der Waals surface area contributed by atoms with Crippen molar-refractivity contribution in [1.29, 1.82) is 0 Å². The Morgan fingerprint density at radius 2 is 2.00 bits per heavy atom. The fourth-order valence-electron chi connectivity index (χ4n) is 2.31. The maximum atomic E-state index is 13.2. The van der Waals surface area contributed by atoms with Crippen LogP contribution in [0.5, 0.6) is 0 Å². The number of halogens is 2. The Labute approximate surface area is 136 Å². The van der Waals surface area contributed by atoms with Gasteiger partial charge in [0.2, 0.25) is 0 Å². The van der Waals surface area contributed by atoms with Crippen LogP contribution in [0.3, 0.4) is 0 Å². The second-order valence-corrected chi connectivity index (χ2v) is 6.46. The van der Waals surface area contributed by atoms with Gasteiger partial charge in [-0.25, -0.2) is 4.39 Å². The topological polar surface area (TPSA) is 20.3 Å². The van der Waals surface area contributed by atoms with Crippen molar-refractivity contribution >= 4 is 38.9 Å². The molecule has 1 aromatic heterocycles. The zero-order chi connectivity index (χ0) is 15.7. The summed E-state index contributed by atoms with van der Waals surface area (Å²) in [7, 11) is 1.69. The van der Waals surface area contributed by atoms with Crippen molar-refractivity contribution in [2.45, 2.75) is 6.54 Å². The van der Waals surface area contributed by atoms with E-state index in [1.54, 1.807) is 24.1 Å². The monoisotopic (exact) mass is 333 g/mol. The van der Waals surface area contributed by atoms with Crippen LogP contribution in [-0.2, 0) is 6.54 Å². The van der Waals surface area contributed by atoms with Gasteiger partial charge in [-0.1, -0.05) is 41.9 Å². The summed E-state index contributed by atoms with van der Waals surface area (Å²) in [5.41, 5.74) is 0.744. The normalized spacial score (nSPS) is 10.9. The SMILES string of the molecule is CN(Cc1cccc(F)c1)C(=O)c1sc2ccccc2c1Cl. The first-order chi connectivity index (χ1) is 10.6. The van der Waals surface area contributed by atoms with Gasteiger partial charge in [-0.05, 0) is 23.8 Å². The average Bonchev–Trinajstić information content (AvgIpc) is 2.84. The molecule has 2 nitrogen and oxygen atoms in total. The van der Waals surface area contributed by atoms with Gasteiger partial charge >= 0.3 is 0 Å². The summed E-state index contributed by atoms with van der Waals surface area (Å²) in [5.74, 6) is -0.464. The fraction of sp³-hybridized carbons (Fsp3) is 0.118. The van der Waals surface area contributed by atoms with Crippen molar-refractivity contribution < 1.29 is 9.18 Å². The molecule has 1 amide bonds. The Morgan fingerprint density at radius 3 is 2.73 bits per heavy atom. The standard InChI is InChI=1S/C17H13ClFNOS/c1-20(10-11-5-4-6-12(19)9-11)17(21)16-15(18)13-7-2-3-8-14(13)22-16/h2-9H,10H2,1H3. The van der Waals surface area contributed by atoms with Gasteiger partial charge in [0.25, 0.3) is 5.91 Å². The lowest BCUT2D eigenvalue weighted by Crippen LogP contribution is -2.25. The van der Waals surface area contributed by atoms with Crippen LogP contribution in [0.1, 0.15) is 15.2 Å². The highest BCUT2D eigenvalue weighted by molar-refractivity contribution is 7.21. The van der Waals surface area contributed by atoms with Crippen molar-refractivity contribution in [2.24, 2.45) is 0 Å². The Hall–Kier alpha value is -1.91. The van der Waals surface area contributed by atoms with Gasteiger partial charge in [-0.15, -0.1) is 11.3 Å². The molecule has 0 radical (unpaired) electrons. The van der Waals surface area contributed by atoms with Gasteiger partial charge in [0.15, 0.2) is 0 Å². The van der Waals surface area contributed by atoms with Crippen molar-refractivity contribution in [3.8, 4) is 0 Å². The summed E-state index contributed by atoms with van der Waals surface area (Å²) in [4.78, 5) is 14.6. The number of amides is 1. The number of thiophene rings is 1. The van der Waals surface area contributed by atoms with Gasteiger partial charge in [-0.3, -0.25) is 4.79 Å². The van der Waals surface area contributed by atoms with Gasteiger partial charge in [0.1, 0.15) is 10.7 Å². The highest BCUT2D eigenvalue weighted by Gasteiger charge is 2.20. The smallest absolute Gasteiger partial charge is 0.265 e. The highest BCUT2D eigenvalue weighted by atomic mass is 35.5. The lowest BCUT2D eigenvalue weighted by Gasteiger charge is -2.16. The average molecular weight is 334 g/mol. The third-order valence-electron chi connectivity index (χ3n) is 3.38. The minimum absolute atomic E-state index is 0.157. The molecule has 0 fully saturated rings. The lowest BCUT2D eigenvalue weighted by molar-refractivity contribution is 0.0790. The predicted molar refractivity (Wildman–Crippen MR) is 89.0 cm³/mol. The third-order valence-corrected chi connectivity index (χ3v) is 5.05. The second-order valence-electron chi connectivity index (χ2n) is 5.03. The summed E-state index contributed by atoms with van der Waals surface area (Å²) >= 11 is 7.70. The highest BCUT2D eigenvalue weighted by Crippen LogP contribution is 2.35. The van der Waals surface area contributed by atoms with Crippen LogP contribution >= 0.6 is 22.9 Å². The number of carbonyl (C=O) groups is 1. The van der Waals surface area contributed by atoms with Crippen LogP contribution in [0.2, 0.25) is 5.02 Å². The van der Waals surface area contributed by atoms with Crippen LogP contribution < -0.4 is 0 Å². The van der Waals surface area contributed by atoms with Gasteiger partial charge in [0.05, 0.1) is 5.02 Å².